The van der Waals surface area contributed by atoms with Crippen LogP contribution in [0.5, 0.6) is 0 Å². The van der Waals surface area contributed by atoms with Crippen LogP contribution in [0, 0.1) is 0 Å². The fourth-order valence-corrected chi connectivity index (χ4v) is 2.40. The molecule has 8 heteroatoms. The van der Waals surface area contributed by atoms with Gasteiger partial charge in [-0.3, -0.25) is 4.79 Å². The van der Waals surface area contributed by atoms with Crippen molar-refractivity contribution >= 4 is 29.2 Å². The second-order valence-electron chi connectivity index (χ2n) is 5.36. The first-order valence-electron chi connectivity index (χ1n) is 7.46. The summed E-state index contributed by atoms with van der Waals surface area (Å²) in [5, 5.41) is 10.4. The van der Waals surface area contributed by atoms with Gasteiger partial charge in [0, 0.05) is 5.69 Å². The van der Waals surface area contributed by atoms with E-state index in [1.54, 1.807) is 0 Å². The molecule has 1 unspecified atom stereocenters. The van der Waals surface area contributed by atoms with E-state index in [4.69, 9.17) is 22.1 Å². The van der Waals surface area contributed by atoms with E-state index in [2.05, 4.69) is 20.5 Å². The summed E-state index contributed by atoms with van der Waals surface area (Å²) in [5.41, 5.74) is 7.54. The van der Waals surface area contributed by atoms with E-state index < -0.39 is 0 Å². The zero-order valence-corrected chi connectivity index (χ0v) is 13.5. The molecule has 0 fully saturated rings. The van der Waals surface area contributed by atoms with Crippen molar-refractivity contribution in [1.82, 2.24) is 10.2 Å². The normalized spacial score (nSPS) is 16.4. The number of carbonyl (C=O) groups is 1. The van der Waals surface area contributed by atoms with Crippen molar-refractivity contribution in [3.05, 3.63) is 52.8 Å². The van der Waals surface area contributed by atoms with Crippen LogP contribution in [-0.4, -0.2) is 34.8 Å². The molecule has 2 aromatic rings. The average Bonchev–Trinajstić information content (AvgIpc) is 3.00. The van der Waals surface area contributed by atoms with Gasteiger partial charge in [0.2, 0.25) is 0 Å². The third-order valence-electron chi connectivity index (χ3n) is 3.58. The zero-order chi connectivity index (χ0) is 16.9. The third-order valence-corrected chi connectivity index (χ3v) is 3.78. The Morgan fingerprint density at radius 3 is 2.67 bits per heavy atom. The Bertz CT molecular complexity index is 746. The molecule has 1 atom stereocenters. The molecule has 0 radical (unpaired) electrons. The lowest BCUT2D eigenvalue weighted by molar-refractivity contribution is 0.102. The number of aromatic nitrogens is 2. The highest BCUT2D eigenvalue weighted by Gasteiger charge is 2.16. The Morgan fingerprint density at radius 1 is 1.25 bits per heavy atom. The lowest BCUT2D eigenvalue weighted by atomic mass is 10.1. The Kier molecular flexibility index (Phi) is 4.90. The fraction of sp³-hybridized carbons (Fsp3) is 0.250. The van der Waals surface area contributed by atoms with E-state index in [1.165, 1.54) is 12.1 Å². The Morgan fingerprint density at radius 2 is 2.04 bits per heavy atom. The van der Waals surface area contributed by atoms with Crippen molar-refractivity contribution in [2.24, 2.45) is 10.7 Å². The highest BCUT2D eigenvalue weighted by atomic mass is 35.5. The highest BCUT2D eigenvalue weighted by molar-refractivity contribution is 6.29. The van der Waals surface area contributed by atoms with Crippen LogP contribution in [0.2, 0.25) is 5.15 Å². The standard InChI is InChI=1S/C16H16ClN5O2/c17-14-8-7-13(21-22-14)15(23)19-11-4-1-10(2-5-11)3-6-12-9-24-16(18)20-12/h1-2,4-5,7-8,12H,3,6,9H2,(H2,18,20)(H,19,23). The maximum absolute atomic E-state index is 12.0. The number of hydrogen-bond acceptors (Lipinski definition) is 6. The smallest absolute Gasteiger partial charge is 0.282 e. The summed E-state index contributed by atoms with van der Waals surface area (Å²) in [6.45, 7) is 0.544. The van der Waals surface area contributed by atoms with Gasteiger partial charge in [-0.05, 0) is 42.7 Å². The molecular weight excluding hydrogens is 330 g/mol. The molecule has 24 heavy (non-hydrogen) atoms. The quantitative estimate of drug-likeness (QED) is 0.863. The Hall–Kier alpha value is -2.67. The van der Waals surface area contributed by atoms with Gasteiger partial charge < -0.3 is 15.8 Å². The number of nitrogens with one attached hydrogen (secondary N) is 1. The van der Waals surface area contributed by atoms with Gasteiger partial charge in [0.25, 0.3) is 11.9 Å². The molecule has 7 nitrogen and oxygen atoms in total. The predicted octanol–water partition coefficient (Wildman–Crippen LogP) is 2.03. The van der Waals surface area contributed by atoms with Gasteiger partial charge in [0.1, 0.15) is 6.61 Å². The molecule has 1 aliphatic heterocycles. The molecule has 3 N–H and O–H groups in total. The molecule has 0 aliphatic carbocycles. The number of carbonyl (C=O) groups excluding carboxylic acids is 1. The van der Waals surface area contributed by atoms with Crippen LogP contribution < -0.4 is 11.1 Å². The topological polar surface area (TPSA) is 102 Å². The summed E-state index contributed by atoms with van der Waals surface area (Å²) in [6.07, 6.45) is 1.73. The number of anilines is 1. The molecule has 1 aromatic heterocycles. The first-order chi connectivity index (χ1) is 11.6. The number of amides is 1. The molecule has 2 heterocycles. The van der Waals surface area contributed by atoms with Gasteiger partial charge in [0.15, 0.2) is 10.8 Å². The van der Waals surface area contributed by atoms with Crippen molar-refractivity contribution in [3.63, 3.8) is 0 Å². The monoisotopic (exact) mass is 345 g/mol. The summed E-state index contributed by atoms with van der Waals surface area (Å²) in [6, 6.07) is 11.1. The molecule has 0 saturated carbocycles. The van der Waals surface area contributed by atoms with E-state index in [-0.39, 0.29) is 28.8 Å². The van der Waals surface area contributed by atoms with Crippen LogP contribution in [-0.2, 0) is 11.2 Å². The van der Waals surface area contributed by atoms with Crippen molar-refractivity contribution in [2.45, 2.75) is 18.9 Å². The summed E-state index contributed by atoms with van der Waals surface area (Å²) in [4.78, 5) is 16.2. The molecular formula is C16H16ClN5O2. The largest absolute Gasteiger partial charge is 0.463 e. The Labute approximate surface area is 143 Å². The zero-order valence-electron chi connectivity index (χ0n) is 12.8. The van der Waals surface area contributed by atoms with Gasteiger partial charge >= 0.3 is 0 Å². The minimum absolute atomic E-state index is 0.118. The second kappa shape index (κ2) is 7.27. The number of ether oxygens (including phenoxy) is 1. The van der Waals surface area contributed by atoms with Crippen LogP contribution in [0.1, 0.15) is 22.5 Å². The second-order valence-corrected chi connectivity index (χ2v) is 5.75. The molecule has 124 valence electrons. The van der Waals surface area contributed by atoms with E-state index in [0.29, 0.717) is 12.3 Å². The number of nitrogens with zero attached hydrogens (tertiary/aromatic N) is 3. The van der Waals surface area contributed by atoms with E-state index in [1.807, 2.05) is 24.3 Å². The van der Waals surface area contributed by atoms with E-state index >= 15 is 0 Å². The van der Waals surface area contributed by atoms with Crippen LogP contribution in [0.15, 0.2) is 41.4 Å². The lowest BCUT2D eigenvalue weighted by Gasteiger charge is -2.07. The molecule has 0 bridgehead atoms. The maximum Gasteiger partial charge on any atom is 0.282 e. The number of halogens is 1. The number of aliphatic imine (C=N–C) groups is 1. The van der Waals surface area contributed by atoms with Crippen LogP contribution in [0.25, 0.3) is 0 Å². The predicted molar refractivity (Wildman–Crippen MR) is 91.1 cm³/mol. The number of nitrogens with two attached hydrogens (primary N) is 1. The molecule has 0 saturated heterocycles. The van der Waals surface area contributed by atoms with Crippen LogP contribution in [0.4, 0.5) is 5.69 Å². The number of hydrogen-bond donors (Lipinski definition) is 2. The minimum atomic E-state index is -0.333. The third kappa shape index (κ3) is 4.20. The summed E-state index contributed by atoms with van der Waals surface area (Å²) in [5.74, 6) is -0.333. The maximum atomic E-state index is 12.0. The SMILES string of the molecule is NC1=NC(CCc2ccc(NC(=O)c3ccc(Cl)nn3)cc2)CO1. The fourth-order valence-electron chi connectivity index (χ4n) is 2.30. The minimum Gasteiger partial charge on any atom is -0.463 e. The van der Waals surface area contributed by atoms with Crippen molar-refractivity contribution in [1.29, 1.82) is 0 Å². The van der Waals surface area contributed by atoms with Crippen molar-refractivity contribution < 1.29 is 9.53 Å². The number of amidine groups is 1. The highest BCUT2D eigenvalue weighted by Crippen LogP contribution is 2.15. The van der Waals surface area contributed by atoms with Crippen LogP contribution in [0.3, 0.4) is 0 Å². The first-order valence-corrected chi connectivity index (χ1v) is 7.83. The van der Waals surface area contributed by atoms with Gasteiger partial charge in [-0.2, -0.15) is 0 Å². The molecule has 1 aromatic carbocycles. The van der Waals surface area contributed by atoms with Gasteiger partial charge in [0.05, 0.1) is 6.04 Å². The number of benzene rings is 1. The average molecular weight is 346 g/mol. The van der Waals surface area contributed by atoms with Crippen LogP contribution >= 0.6 is 11.6 Å². The summed E-state index contributed by atoms with van der Waals surface area (Å²) < 4.78 is 5.13. The summed E-state index contributed by atoms with van der Waals surface area (Å²) in [7, 11) is 0. The Balaban J connectivity index is 1.54. The van der Waals surface area contributed by atoms with Crippen molar-refractivity contribution in [2.75, 3.05) is 11.9 Å². The van der Waals surface area contributed by atoms with Gasteiger partial charge in [-0.15, -0.1) is 10.2 Å². The van der Waals surface area contributed by atoms with E-state index in [0.717, 1.165) is 18.4 Å². The van der Waals surface area contributed by atoms with Gasteiger partial charge in [-0.25, -0.2) is 4.99 Å². The summed E-state index contributed by atoms with van der Waals surface area (Å²) >= 11 is 5.65. The first kappa shape index (κ1) is 16.2. The molecule has 3 rings (SSSR count). The van der Waals surface area contributed by atoms with E-state index in [9.17, 15) is 4.79 Å². The molecule has 1 aliphatic rings. The molecule has 0 spiro atoms. The number of rotatable bonds is 5. The number of aryl methyl sites for hydroxylation is 1. The van der Waals surface area contributed by atoms with Crippen molar-refractivity contribution in [3.8, 4) is 0 Å². The lowest BCUT2D eigenvalue weighted by Crippen LogP contribution is -2.14. The van der Waals surface area contributed by atoms with Gasteiger partial charge in [-0.1, -0.05) is 23.7 Å². The molecule has 1 amide bonds.